The molecule has 2 aromatic heterocycles. The van der Waals surface area contributed by atoms with Gasteiger partial charge in [-0.05, 0) is 25.5 Å². The van der Waals surface area contributed by atoms with Crippen LogP contribution in [0.5, 0.6) is 5.88 Å². The van der Waals surface area contributed by atoms with Gasteiger partial charge in [-0.3, -0.25) is 4.98 Å². The summed E-state index contributed by atoms with van der Waals surface area (Å²) in [5.41, 5.74) is 1.18. The zero-order chi connectivity index (χ0) is 13.9. The lowest BCUT2D eigenvalue weighted by Crippen LogP contribution is -2.19. The van der Waals surface area contributed by atoms with Crippen LogP contribution in [0.1, 0.15) is 25.8 Å². The molecule has 0 saturated carbocycles. The molecule has 0 spiro atoms. The van der Waals surface area contributed by atoms with E-state index in [0.717, 1.165) is 11.1 Å². The quantitative estimate of drug-likeness (QED) is 0.836. The molecular formula is C15H16N2O2. The molecule has 98 valence electrons. The second-order valence-corrected chi connectivity index (χ2v) is 4.46. The van der Waals surface area contributed by atoms with E-state index in [1.54, 1.807) is 32.4 Å². The Labute approximate surface area is 112 Å². The molecule has 0 amide bonds. The number of aliphatic hydroxyl groups is 1. The fourth-order valence-electron chi connectivity index (χ4n) is 1.51. The molecule has 0 bridgehead atoms. The average Bonchev–Trinajstić information content (AvgIpc) is 2.44. The van der Waals surface area contributed by atoms with Gasteiger partial charge in [0.15, 0.2) is 0 Å². The van der Waals surface area contributed by atoms with E-state index in [1.807, 2.05) is 13.0 Å². The minimum absolute atomic E-state index is 0.519. The van der Waals surface area contributed by atoms with E-state index in [4.69, 9.17) is 4.74 Å². The van der Waals surface area contributed by atoms with Crippen LogP contribution in [0.25, 0.3) is 11.0 Å². The second-order valence-electron chi connectivity index (χ2n) is 4.46. The molecule has 4 nitrogen and oxygen atoms in total. The Balaban J connectivity index is 2.54. The van der Waals surface area contributed by atoms with Crippen molar-refractivity contribution < 1.29 is 9.84 Å². The number of rotatable bonds is 2. The van der Waals surface area contributed by atoms with E-state index in [1.165, 1.54) is 0 Å². The van der Waals surface area contributed by atoms with Crippen LogP contribution in [-0.4, -0.2) is 27.8 Å². The van der Waals surface area contributed by atoms with Crippen LogP contribution in [-0.2, 0) is 0 Å². The van der Waals surface area contributed by atoms with Crippen molar-refractivity contribution in [2.24, 2.45) is 0 Å². The lowest BCUT2D eigenvalue weighted by molar-refractivity contribution is 0.118. The van der Waals surface area contributed by atoms with E-state index in [-0.39, 0.29) is 0 Å². The van der Waals surface area contributed by atoms with Gasteiger partial charge in [-0.15, -0.1) is 0 Å². The third-order valence-corrected chi connectivity index (χ3v) is 2.92. The molecule has 0 aliphatic carbocycles. The standard InChI is InChI=1S/C15H16N2O2/c1-4-15(2,18)9-7-11-8-10-16-12-5-6-13(19-3)17-14(11)12/h5-6,8,10,18H,4H2,1-3H3. The number of nitrogens with zero attached hydrogens (tertiary/aromatic N) is 2. The molecule has 0 fully saturated rings. The third kappa shape index (κ3) is 3.01. The van der Waals surface area contributed by atoms with Crippen LogP contribution < -0.4 is 4.74 Å². The molecular weight excluding hydrogens is 240 g/mol. The average molecular weight is 256 g/mol. The van der Waals surface area contributed by atoms with E-state index in [0.29, 0.717) is 17.8 Å². The minimum atomic E-state index is -0.992. The van der Waals surface area contributed by atoms with Crippen LogP contribution in [0.2, 0.25) is 0 Å². The highest BCUT2D eigenvalue weighted by Gasteiger charge is 2.12. The first-order valence-electron chi connectivity index (χ1n) is 6.11. The van der Waals surface area contributed by atoms with Crippen LogP contribution in [0.15, 0.2) is 24.4 Å². The second kappa shape index (κ2) is 5.25. The summed E-state index contributed by atoms with van der Waals surface area (Å²) < 4.78 is 5.11. The monoisotopic (exact) mass is 256 g/mol. The predicted molar refractivity (Wildman–Crippen MR) is 73.9 cm³/mol. The van der Waals surface area contributed by atoms with Crippen LogP contribution in [0, 0.1) is 11.8 Å². The van der Waals surface area contributed by atoms with Gasteiger partial charge < -0.3 is 9.84 Å². The largest absolute Gasteiger partial charge is 0.481 e. The summed E-state index contributed by atoms with van der Waals surface area (Å²) in [6.45, 7) is 3.58. The van der Waals surface area contributed by atoms with Gasteiger partial charge in [0.1, 0.15) is 11.1 Å². The number of hydrogen-bond acceptors (Lipinski definition) is 4. The molecule has 2 rings (SSSR count). The van der Waals surface area contributed by atoms with Crippen LogP contribution in [0.4, 0.5) is 0 Å². The normalized spacial score (nSPS) is 13.5. The molecule has 19 heavy (non-hydrogen) atoms. The summed E-state index contributed by atoms with van der Waals surface area (Å²) in [6, 6.07) is 5.38. The van der Waals surface area contributed by atoms with Crippen molar-refractivity contribution >= 4 is 11.0 Å². The number of aromatic nitrogens is 2. The van der Waals surface area contributed by atoms with Crippen molar-refractivity contribution in [2.75, 3.05) is 7.11 Å². The molecule has 0 aliphatic rings. The van der Waals surface area contributed by atoms with Gasteiger partial charge in [0.25, 0.3) is 0 Å². The van der Waals surface area contributed by atoms with Crippen molar-refractivity contribution in [3.05, 3.63) is 30.0 Å². The van der Waals surface area contributed by atoms with E-state index >= 15 is 0 Å². The number of pyridine rings is 2. The molecule has 0 radical (unpaired) electrons. The molecule has 0 saturated heterocycles. The molecule has 0 aromatic carbocycles. The fourth-order valence-corrected chi connectivity index (χ4v) is 1.51. The minimum Gasteiger partial charge on any atom is -0.481 e. The SMILES string of the molecule is CCC(C)(O)C#Cc1ccnc2ccc(OC)nc12. The summed E-state index contributed by atoms with van der Waals surface area (Å²) in [6.07, 6.45) is 2.25. The summed E-state index contributed by atoms with van der Waals surface area (Å²) in [5, 5.41) is 9.92. The van der Waals surface area contributed by atoms with E-state index in [2.05, 4.69) is 21.8 Å². The Hall–Kier alpha value is -2.12. The highest BCUT2D eigenvalue weighted by Crippen LogP contribution is 2.18. The van der Waals surface area contributed by atoms with E-state index in [9.17, 15) is 5.11 Å². The molecule has 1 atom stereocenters. The number of ether oxygens (including phenoxy) is 1. The maximum atomic E-state index is 9.92. The zero-order valence-corrected chi connectivity index (χ0v) is 11.3. The first-order chi connectivity index (χ1) is 9.05. The zero-order valence-electron chi connectivity index (χ0n) is 11.3. The Morgan fingerprint density at radius 2 is 2.16 bits per heavy atom. The first kappa shape index (κ1) is 13.3. The summed E-state index contributed by atoms with van der Waals surface area (Å²) >= 11 is 0. The molecule has 1 unspecified atom stereocenters. The maximum Gasteiger partial charge on any atom is 0.213 e. The van der Waals surface area contributed by atoms with Crippen molar-refractivity contribution in [1.29, 1.82) is 0 Å². The topological polar surface area (TPSA) is 55.2 Å². The smallest absolute Gasteiger partial charge is 0.213 e. The van der Waals surface area contributed by atoms with Crippen molar-refractivity contribution in [3.8, 4) is 17.7 Å². The van der Waals surface area contributed by atoms with E-state index < -0.39 is 5.60 Å². The first-order valence-corrected chi connectivity index (χ1v) is 6.11. The van der Waals surface area contributed by atoms with Crippen molar-refractivity contribution in [3.63, 3.8) is 0 Å². The molecule has 0 aliphatic heterocycles. The van der Waals surface area contributed by atoms with Crippen LogP contribution in [0.3, 0.4) is 0 Å². The Morgan fingerprint density at radius 3 is 2.84 bits per heavy atom. The summed E-state index contributed by atoms with van der Waals surface area (Å²) in [5.74, 6) is 6.34. The number of fused-ring (bicyclic) bond motifs is 1. The van der Waals surface area contributed by atoms with Gasteiger partial charge in [-0.25, -0.2) is 4.98 Å². The lowest BCUT2D eigenvalue weighted by atomic mass is 10.0. The van der Waals surface area contributed by atoms with Gasteiger partial charge >= 0.3 is 0 Å². The number of methoxy groups -OCH3 is 1. The fraction of sp³-hybridized carbons (Fsp3) is 0.333. The lowest BCUT2D eigenvalue weighted by Gasteiger charge is -2.12. The van der Waals surface area contributed by atoms with Crippen LogP contribution >= 0.6 is 0 Å². The van der Waals surface area contributed by atoms with Crippen molar-refractivity contribution in [1.82, 2.24) is 9.97 Å². The van der Waals surface area contributed by atoms with Gasteiger partial charge in [0.05, 0.1) is 18.2 Å². The molecule has 1 N–H and O–H groups in total. The molecule has 2 aromatic rings. The maximum absolute atomic E-state index is 9.92. The van der Waals surface area contributed by atoms with Gasteiger partial charge in [0, 0.05) is 12.3 Å². The van der Waals surface area contributed by atoms with Gasteiger partial charge in [-0.2, -0.15) is 0 Å². The highest BCUT2D eigenvalue weighted by atomic mass is 16.5. The summed E-state index contributed by atoms with van der Waals surface area (Å²) in [4.78, 5) is 8.58. The van der Waals surface area contributed by atoms with Gasteiger partial charge in [-0.1, -0.05) is 18.8 Å². The predicted octanol–water partition coefficient (Wildman–Crippen LogP) is 2.15. The Morgan fingerprint density at radius 1 is 1.37 bits per heavy atom. The van der Waals surface area contributed by atoms with Gasteiger partial charge in [0.2, 0.25) is 5.88 Å². The Kier molecular flexibility index (Phi) is 3.68. The molecule has 2 heterocycles. The number of hydrogen-bond donors (Lipinski definition) is 1. The molecule has 4 heteroatoms. The highest BCUT2D eigenvalue weighted by molar-refractivity contribution is 5.81. The van der Waals surface area contributed by atoms with Crippen molar-refractivity contribution in [2.45, 2.75) is 25.9 Å². The summed E-state index contributed by atoms with van der Waals surface area (Å²) in [7, 11) is 1.57. The Bertz CT molecular complexity index is 654. The third-order valence-electron chi connectivity index (χ3n) is 2.92.